The zero-order valence-electron chi connectivity index (χ0n) is 16.3. The molecule has 1 amide bonds. The average molecular weight is 393 g/mol. The van der Waals surface area contributed by atoms with Gasteiger partial charge < -0.3 is 9.88 Å². The Balaban J connectivity index is 1.70. The Morgan fingerprint density at radius 3 is 2.88 bits per heavy atom. The Labute approximate surface area is 164 Å². The van der Waals surface area contributed by atoms with Crippen LogP contribution in [0.15, 0.2) is 11.2 Å². The number of nitrogens with zero attached hydrogens (tertiary/aromatic N) is 3. The van der Waals surface area contributed by atoms with Gasteiger partial charge in [0.1, 0.15) is 0 Å². The molecule has 0 saturated carbocycles. The summed E-state index contributed by atoms with van der Waals surface area (Å²) in [5.41, 5.74) is 1.28. The van der Waals surface area contributed by atoms with Crippen LogP contribution in [0.25, 0.3) is 10.7 Å². The average Bonchev–Trinajstić information content (AvgIpc) is 3.13. The van der Waals surface area contributed by atoms with E-state index < -0.39 is 0 Å². The van der Waals surface area contributed by atoms with Crippen LogP contribution in [0.5, 0.6) is 0 Å². The number of carbonyl (C=O) groups is 1. The van der Waals surface area contributed by atoms with Crippen LogP contribution in [0.3, 0.4) is 0 Å². The van der Waals surface area contributed by atoms with Crippen molar-refractivity contribution in [3.05, 3.63) is 16.5 Å². The van der Waals surface area contributed by atoms with E-state index in [0.717, 1.165) is 16.9 Å². The number of thiophene rings is 1. The highest BCUT2D eigenvalue weighted by Crippen LogP contribution is 2.37. The predicted molar refractivity (Wildman–Crippen MR) is 109 cm³/mol. The lowest BCUT2D eigenvalue weighted by molar-refractivity contribution is -0.119. The molecule has 5 nitrogen and oxygen atoms in total. The number of aryl methyl sites for hydroxylation is 1. The molecule has 142 valence electrons. The summed E-state index contributed by atoms with van der Waals surface area (Å²) in [7, 11) is 1.98. The second-order valence-electron chi connectivity index (χ2n) is 8.03. The second-order valence-corrected chi connectivity index (χ2v) is 10.1. The SMILES string of the molecule is CCC1CCc2sc(-c3nnc(SCC(=O)NC(C)(C)C)n3C)cc2C1. The van der Waals surface area contributed by atoms with Crippen LogP contribution in [-0.4, -0.2) is 32.0 Å². The van der Waals surface area contributed by atoms with E-state index in [-0.39, 0.29) is 11.4 Å². The zero-order chi connectivity index (χ0) is 18.9. The number of hydrogen-bond acceptors (Lipinski definition) is 5. The van der Waals surface area contributed by atoms with Crippen LogP contribution in [0, 0.1) is 5.92 Å². The van der Waals surface area contributed by atoms with E-state index >= 15 is 0 Å². The molecule has 0 aliphatic heterocycles. The third-order valence-electron chi connectivity index (χ3n) is 4.66. The lowest BCUT2D eigenvalue weighted by atomic mass is 9.87. The molecule has 1 N–H and O–H groups in total. The maximum Gasteiger partial charge on any atom is 0.230 e. The van der Waals surface area contributed by atoms with Gasteiger partial charge in [-0.3, -0.25) is 4.79 Å². The fourth-order valence-corrected chi connectivity index (χ4v) is 5.24. The number of amides is 1. The standard InChI is InChI=1S/C19H28N4OS2/c1-6-12-7-8-14-13(9-12)10-15(26-14)17-21-22-18(23(17)5)25-11-16(24)20-19(2,3)4/h10,12H,6-9,11H2,1-5H3,(H,20,24). The maximum atomic E-state index is 12.0. The Bertz CT molecular complexity index is 788. The Hall–Kier alpha value is -1.34. The first-order valence-electron chi connectivity index (χ1n) is 9.22. The summed E-state index contributed by atoms with van der Waals surface area (Å²) in [5, 5.41) is 12.4. The van der Waals surface area contributed by atoms with Crippen molar-refractivity contribution in [2.45, 2.75) is 64.1 Å². The molecule has 1 atom stereocenters. The molecular formula is C19H28N4OS2. The summed E-state index contributed by atoms with van der Waals surface area (Å²) >= 11 is 3.28. The van der Waals surface area contributed by atoms with Gasteiger partial charge in [-0.05, 0) is 57.6 Å². The molecule has 0 saturated heterocycles. The Morgan fingerprint density at radius 2 is 2.19 bits per heavy atom. The van der Waals surface area contributed by atoms with Crippen LogP contribution < -0.4 is 5.32 Å². The first kappa shape index (κ1) is 19.4. The normalized spacial score (nSPS) is 17.2. The van der Waals surface area contributed by atoms with Crippen molar-refractivity contribution in [1.82, 2.24) is 20.1 Å². The van der Waals surface area contributed by atoms with Crippen LogP contribution in [0.4, 0.5) is 0 Å². The van der Waals surface area contributed by atoms with Crippen molar-refractivity contribution in [3.63, 3.8) is 0 Å². The molecule has 0 aromatic carbocycles. The van der Waals surface area contributed by atoms with Gasteiger partial charge >= 0.3 is 0 Å². The number of aromatic nitrogens is 3. The van der Waals surface area contributed by atoms with E-state index in [0.29, 0.717) is 5.75 Å². The van der Waals surface area contributed by atoms with Crippen molar-refractivity contribution in [1.29, 1.82) is 0 Å². The number of carbonyl (C=O) groups excluding carboxylic acids is 1. The van der Waals surface area contributed by atoms with Crippen molar-refractivity contribution in [2.24, 2.45) is 13.0 Å². The van der Waals surface area contributed by atoms with Gasteiger partial charge in [0.2, 0.25) is 5.91 Å². The molecule has 26 heavy (non-hydrogen) atoms. The number of fused-ring (bicyclic) bond motifs is 1. The Morgan fingerprint density at radius 1 is 1.42 bits per heavy atom. The number of nitrogens with one attached hydrogen (secondary N) is 1. The lowest BCUT2D eigenvalue weighted by Gasteiger charge is -2.20. The molecule has 2 heterocycles. The first-order chi connectivity index (χ1) is 12.3. The highest BCUT2D eigenvalue weighted by atomic mass is 32.2. The van der Waals surface area contributed by atoms with E-state index in [1.54, 1.807) is 0 Å². The fraction of sp³-hybridized carbons (Fsp3) is 0.632. The van der Waals surface area contributed by atoms with Crippen LogP contribution in [0.2, 0.25) is 0 Å². The molecule has 0 spiro atoms. The topological polar surface area (TPSA) is 59.8 Å². The van der Waals surface area contributed by atoms with Gasteiger partial charge in [0.05, 0.1) is 10.6 Å². The van der Waals surface area contributed by atoms with Gasteiger partial charge in [0, 0.05) is 17.5 Å². The van der Waals surface area contributed by atoms with Gasteiger partial charge in [-0.2, -0.15) is 0 Å². The van der Waals surface area contributed by atoms with E-state index in [4.69, 9.17) is 0 Å². The van der Waals surface area contributed by atoms with E-state index in [1.165, 1.54) is 52.8 Å². The molecule has 2 aromatic heterocycles. The molecule has 2 aromatic rings. The van der Waals surface area contributed by atoms with E-state index in [2.05, 4.69) is 28.5 Å². The summed E-state index contributed by atoms with van der Waals surface area (Å²) in [6.07, 6.45) is 4.93. The van der Waals surface area contributed by atoms with Gasteiger partial charge in [-0.25, -0.2) is 0 Å². The lowest BCUT2D eigenvalue weighted by Crippen LogP contribution is -2.41. The number of hydrogen-bond donors (Lipinski definition) is 1. The minimum atomic E-state index is -0.213. The largest absolute Gasteiger partial charge is 0.351 e. The quantitative estimate of drug-likeness (QED) is 0.780. The molecule has 3 rings (SSSR count). The monoisotopic (exact) mass is 392 g/mol. The van der Waals surface area contributed by atoms with Crippen molar-refractivity contribution in [2.75, 3.05) is 5.75 Å². The van der Waals surface area contributed by atoms with E-state index in [9.17, 15) is 4.79 Å². The van der Waals surface area contributed by atoms with Gasteiger partial charge in [-0.1, -0.05) is 25.1 Å². The number of rotatable bonds is 5. The molecule has 1 aliphatic carbocycles. The summed E-state index contributed by atoms with van der Waals surface area (Å²) < 4.78 is 2.00. The molecule has 0 bridgehead atoms. The van der Waals surface area contributed by atoms with Crippen molar-refractivity contribution < 1.29 is 4.79 Å². The van der Waals surface area contributed by atoms with Crippen LogP contribution in [-0.2, 0) is 24.7 Å². The highest BCUT2D eigenvalue weighted by Gasteiger charge is 2.23. The summed E-state index contributed by atoms with van der Waals surface area (Å²) in [6, 6.07) is 2.30. The van der Waals surface area contributed by atoms with Crippen LogP contribution in [0.1, 0.15) is 51.0 Å². The van der Waals surface area contributed by atoms with Crippen molar-refractivity contribution in [3.8, 4) is 10.7 Å². The summed E-state index contributed by atoms with van der Waals surface area (Å²) in [5.74, 6) is 2.08. The van der Waals surface area contributed by atoms with Crippen LogP contribution >= 0.6 is 23.1 Å². The smallest absolute Gasteiger partial charge is 0.230 e. The minimum absolute atomic E-state index is 0.0178. The molecule has 0 fully saturated rings. The maximum absolute atomic E-state index is 12.0. The third kappa shape index (κ3) is 4.49. The molecule has 1 unspecified atom stereocenters. The summed E-state index contributed by atoms with van der Waals surface area (Å²) in [6.45, 7) is 8.23. The molecule has 1 aliphatic rings. The second kappa shape index (κ2) is 7.72. The predicted octanol–water partition coefficient (Wildman–Crippen LogP) is 4.07. The molecular weight excluding hydrogens is 364 g/mol. The van der Waals surface area contributed by atoms with Gasteiger partial charge in [0.25, 0.3) is 0 Å². The molecule has 7 heteroatoms. The van der Waals surface area contributed by atoms with Gasteiger partial charge in [0.15, 0.2) is 11.0 Å². The molecule has 0 radical (unpaired) electrons. The Kier molecular flexibility index (Phi) is 5.77. The zero-order valence-corrected chi connectivity index (χ0v) is 17.9. The summed E-state index contributed by atoms with van der Waals surface area (Å²) in [4.78, 5) is 14.7. The van der Waals surface area contributed by atoms with E-state index in [1.807, 2.05) is 43.7 Å². The fourth-order valence-electron chi connectivity index (χ4n) is 3.30. The third-order valence-corrected chi connectivity index (χ3v) is 6.92. The van der Waals surface area contributed by atoms with Gasteiger partial charge in [-0.15, -0.1) is 21.5 Å². The first-order valence-corrected chi connectivity index (χ1v) is 11.0. The number of thioether (sulfide) groups is 1. The minimum Gasteiger partial charge on any atom is -0.351 e. The van der Waals surface area contributed by atoms with Crippen molar-refractivity contribution >= 4 is 29.0 Å². The highest BCUT2D eigenvalue weighted by molar-refractivity contribution is 7.99.